The standard InChI is InChI=1S/C15H17N3O2/c1-11(12-6-4-3-5-7-12)10-16-15(20)13-8-9-14(19)18(2)17-13/h3-9,11H,10H2,1-2H3,(H,16,20). The number of aromatic nitrogens is 2. The second-order valence-electron chi connectivity index (χ2n) is 4.70. The van der Waals surface area contributed by atoms with Gasteiger partial charge in [0.2, 0.25) is 0 Å². The van der Waals surface area contributed by atoms with E-state index in [0.717, 1.165) is 4.68 Å². The summed E-state index contributed by atoms with van der Waals surface area (Å²) in [7, 11) is 1.52. The summed E-state index contributed by atoms with van der Waals surface area (Å²) in [5, 5.41) is 6.74. The van der Waals surface area contributed by atoms with E-state index in [2.05, 4.69) is 10.4 Å². The lowest BCUT2D eigenvalue weighted by Crippen LogP contribution is -2.30. The Bertz CT molecular complexity index is 650. The van der Waals surface area contributed by atoms with Crippen molar-refractivity contribution < 1.29 is 4.79 Å². The molecule has 1 atom stereocenters. The van der Waals surface area contributed by atoms with E-state index in [-0.39, 0.29) is 23.1 Å². The fraction of sp³-hybridized carbons (Fsp3) is 0.267. The Morgan fingerprint density at radius 3 is 2.60 bits per heavy atom. The highest BCUT2D eigenvalue weighted by Gasteiger charge is 2.11. The number of aryl methyl sites for hydroxylation is 1. The van der Waals surface area contributed by atoms with E-state index in [0.29, 0.717) is 6.54 Å². The Balaban J connectivity index is 1.98. The first-order chi connectivity index (χ1) is 9.58. The first-order valence-electron chi connectivity index (χ1n) is 6.45. The molecule has 1 N–H and O–H groups in total. The number of hydrogen-bond acceptors (Lipinski definition) is 3. The van der Waals surface area contributed by atoms with Crippen LogP contribution < -0.4 is 10.9 Å². The summed E-state index contributed by atoms with van der Waals surface area (Å²) >= 11 is 0. The first-order valence-corrected chi connectivity index (χ1v) is 6.45. The van der Waals surface area contributed by atoms with Gasteiger partial charge >= 0.3 is 0 Å². The van der Waals surface area contributed by atoms with Crippen molar-refractivity contribution in [2.45, 2.75) is 12.8 Å². The van der Waals surface area contributed by atoms with Gasteiger partial charge < -0.3 is 5.32 Å². The van der Waals surface area contributed by atoms with E-state index in [1.807, 2.05) is 37.3 Å². The second kappa shape index (κ2) is 6.14. The molecule has 0 saturated carbocycles. The van der Waals surface area contributed by atoms with Gasteiger partial charge in [0.15, 0.2) is 0 Å². The Morgan fingerprint density at radius 2 is 1.95 bits per heavy atom. The summed E-state index contributed by atoms with van der Waals surface area (Å²) in [6.45, 7) is 2.57. The number of hydrogen-bond donors (Lipinski definition) is 1. The van der Waals surface area contributed by atoms with E-state index in [9.17, 15) is 9.59 Å². The zero-order valence-corrected chi connectivity index (χ0v) is 11.5. The van der Waals surface area contributed by atoms with Crippen molar-refractivity contribution in [2.24, 2.45) is 7.05 Å². The summed E-state index contributed by atoms with van der Waals surface area (Å²) < 4.78 is 1.15. The van der Waals surface area contributed by atoms with Gasteiger partial charge in [0.1, 0.15) is 5.69 Å². The fourth-order valence-electron chi connectivity index (χ4n) is 1.86. The first kappa shape index (κ1) is 14.0. The van der Waals surface area contributed by atoms with E-state index in [4.69, 9.17) is 0 Å². The maximum Gasteiger partial charge on any atom is 0.271 e. The van der Waals surface area contributed by atoms with Crippen LogP contribution in [-0.4, -0.2) is 22.2 Å². The Labute approximate surface area is 117 Å². The van der Waals surface area contributed by atoms with Gasteiger partial charge in [-0.2, -0.15) is 5.10 Å². The maximum atomic E-state index is 12.0. The van der Waals surface area contributed by atoms with E-state index in [1.165, 1.54) is 24.7 Å². The predicted molar refractivity (Wildman–Crippen MR) is 76.7 cm³/mol. The van der Waals surface area contributed by atoms with Crippen LogP contribution in [0.1, 0.15) is 28.9 Å². The molecule has 0 bridgehead atoms. The molecule has 1 aromatic heterocycles. The lowest BCUT2D eigenvalue weighted by Gasteiger charge is -2.12. The smallest absolute Gasteiger partial charge is 0.271 e. The largest absolute Gasteiger partial charge is 0.350 e. The summed E-state index contributed by atoms with van der Waals surface area (Å²) in [6, 6.07) is 12.7. The number of nitrogens with zero attached hydrogens (tertiary/aromatic N) is 2. The van der Waals surface area contributed by atoms with Crippen molar-refractivity contribution >= 4 is 5.91 Å². The van der Waals surface area contributed by atoms with Crippen LogP contribution in [0.25, 0.3) is 0 Å². The van der Waals surface area contributed by atoms with Gasteiger partial charge in [0.05, 0.1) is 0 Å². The average molecular weight is 271 g/mol. The van der Waals surface area contributed by atoms with E-state index >= 15 is 0 Å². The number of rotatable bonds is 4. The number of carbonyl (C=O) groups is 1. The molecule has 5 heteroatoms. The molecular weight excluding hydrogens is 254 g/mol. The van der Waals surface area contributed by atoms with Crippen molar-refractivity contribution in [1.29, 1.82) is 0 Å². The maximum absolute atomic E-state index is 12.0. The molecule has 0 saturated heterocycles. The minimum absolute atomic E-state index is 0.215. The summed E-state index contributed by atoms with van der Waals surface area (Å²) in [4.78, 5) is 23.2. The third-order valence-electron chi connectivity index (χ3n) is 3.13. The second-order valence-corrected chi connectivity index (χ2v) is 4.70. The van der Waals surface area contributed by atoms with Crippen molar-refractivity contribution in [3.05, 3.63) is 64.1 Å². The molecule has 104 valence electrons. The van der Waals surface area contributed by atoms with Crippen LogP contribution in [0.3, 0.4) is 0 Å². The molecule has 0 fully saturated rings. The van der Waals surface area contributed by atoms with Gasteiger partial charge in [-0.15, -0.1) is 0 Å². The van der Waals surface area contributed by atoms with Crippen LogP contribution in [0.4, 0.5) is 0 Å². The Kier molecular flexibility index (Phi) is 4.30. The molecule has 1 heterocycles. The van der Waals surface area contributed by atoms with Crippen LogP contribution in [0, 0.1) is 0 Å². The molecule has 2 rings (SSSR count). The Morgan fingerprint density at radius 1 is 1.25 bits per heavy atom. The zero-order valence-electron chi connectivity index (χ0n) is 11.5. The number of carbonyl (C=O) groups excluding carboxylic acids is 1. The average Bonchev–Trinajstić information content (AvgIpc) is 2.48. The van der Waals surface area contributed by atoms with Crippen LogP contribution in [-0.2, 0) is 7.05 Å². The summed E-state index contributed by atoms with van der Waals surface area (Å²) in [5.74, 6) is -0.0592. The molecule has 1 unspecified atom stereocenters. The molecule has 0 aliphatic carbocycles. The number of nitrogens with one attached hydrogen (secondary N) is 1. The monoisotopic (exact) mass is 271 g/mol. The fourth-order valence-corrected chi connectivity index (χ4v) is 1.86. The molecule has 1 amide bonds. The highest BCUT2D eigenvalue weighted by atomic mass is 16.2. The molecule has 0 spiro atoms. The van der Waals surface area contributed by atoms with E-state index in [1.54, 1.807) is 0 Å². The Hall–Kier alpha value is -2.43. The quantitative estimate of drug-likeness (QED) is 0.912. The molecule has 1 aromatic carbocycles. The van der Waals surface area contributed by atoms with Crippen LogP contribution in [0.5, 0.6) is 0 Å². The SMILES string of the molecule is CC(CNC(=O)c1ccc(=O)n(C)n1)c1ccccc1. The van der Waals surface area contributed by atoms with Crippen molar-refractivity contribution in [3.63, 3.8) is 0 Å². The minimum atomic E-state index is -0.275. The van der Waals surface area contributed by atoms with Gasteiger partial charge in [-0.1, -0.05) is 37.3 Å². The topological polar surface area (TPSA) is 64.0 Å². The lowest BCUT2D eigenvalue weighted by atomic mass is 10.0. The number of amides is 1. The molecule has 20 heavy (non-hydrogen) atoms. The third kappa shape index (κ3) is 3.32. The highest BCUT2D eigenvalue weighted by Crippen LogP contribution is 2.13. The normalized spacial score (nSPS) is 11.9. The minimum Gasteiger partial charge on any atom is -0.350 e. The van der Waals surface area contributed by atoms with Gasteiger partial charge in [0.25, 0.3) is 11.5 Å². The molecule has 0 aliphatic rings. The summed E-state index contributed by atoms with van der Waals surface area (Å²) in [6.07, 6.45) is 0. The molecule has 0 radical (unpaired) electrons. The molecule has 0 aliphatic heterocycles. The van der Waals surface area contributed by atoms with Crippen molar-refractivity contribution in [2.75, 3.05) is 6.54 Å². The van der Waals surface area contributed by atoms with Crippen LogP contribution in [0.15, 0.2) is 47.3 Å². The third-order valence-corrected chi connectivity index (χ3v) is 3.13. The van der Waals surface area contributed by atoms with Gasteiger partial charge in [0, 0.05) is 19.7 Å². The molecule has 5 nitrogen and oxygen atoms in total. The van der Waals surface area contributed by atoms with Crippen molar-refractivity contribution in [3.8, 4) is 0 Å². The van der Waals surface area contributed by atoms with Crippen LogP contribution >= 0.6 is 0 Å². The van der Waals surface area contributed by atoms with Gasteiger partial charge in [-0.05, 0) is 17.5 Å². The lowest BCUT2D eigenvalue weighted by molar-refractivity contribution is 0.0944. The molecular formula is C15H17N3O2. The van der Waals surface area contributed by atoms with E-state index < -0.39 is 0 Å². The van der Waals surface area contributed by atoms with Gasteiger partial charge in [-0.3, -0.25) is 9.59 Å². The highest BCUT2D eigenvalue weighted by molar-refractivity contribution is 5.92. The van der Waals surface area contributed by atoms with Gasteiger partial charge in [-0.25, -0.2) is 4.68 Å². The van der Waals surface area contributed by atoms with Crippen molar-refractivity contribution in [1.82, 2.24) is 15.1 Å². The van der Waals surface area contributed by atoms with Crippen LogP contribution in [0.2, 0.25) is 0 Å². The molecule has 2 aromatic rings. The zero-order chi connectivity index (χ0) is 14.5. The summed E-state index contributed by atoms with van der Waals surface area (Å²) in [5.41, 5.74) is 1.17. The predicted octanol–water partition coefficient (Wildman–Crippen LogP) is 1.31. The number of benzene rings is 1.